The van der Waals surface area contributed by atoms with Gasteiger partial charge in [-0.25, -0.2) is 0 Å². The van der Waals surface area contributed by atoms with Crippen LogP contribution < -0.4 is 5.32 Å². The molecule has 0 amide bonds. The minimum Gasteiger partial charge on any atom is -0.314 e. The second-order valence-corrected chi connectivity index (χ2v) is 5.78. The summed E-state index contributed by atoms with van der Waals surface area (Å²) >= 11 is 1.81. The lowest BCUT2D eigenvalue weighted by Gasteiger charge is -2.20. The highest BCUT2D eigenvalue weighted by Gasteiger charge is 2.20. The van der Waals surface area contributed by atoms with Gasteiger partial charge in [-0.1, -0.05) is 26.2 Å². The maximum Gasteiger partial charge on any atom is 0.0794 e. The first-order valence-electron chi connectivity index (χ1n) is 6.49. The SMILES string of the molecule is CCNC1CCCCC(Cc2cncs2)C1. The van der Waals surface area contributed by atoms with Crippen LogP contribution in [0.4, 0.5) is 0 Å². The minimum atomic E-state index is 0.755. The van der Waals surface area contributed by atoms with Crippen molar-refractivity contribution in [2.24, 2.45) is 5.92 Å². The van der Waals surface area contributed by atoms with Gasteiger partial charge in [0.2, 0.25) is 0 Å². The molecule has 0 aliphatic heterocycles. The highest BCUT2D eigenvalue weighted by atomic mass is 32.1. The number of nitrogens with zero attached hydrogens (tertiary/aromatic N) is 1. The molecular weight excluding hydrogens is 216 g/mol. The highest BCUT2D eigenvalue weighted by Crippen LogP contribution is 2.27. The van der Waals surface area contributed by atoms with E-state index in [1.165, 1.54) is 43.4 Å². The molecule has 2 rings (SSSR count). The van der Waals surface area contributed by atoms with Gasteiger partial charge in [0.25, 0.3) is 0 Å². The van der Waals surface area contributed by atoms with Gasteiger partial charge >= 0.3 is 0 Å². The van der Waals surface area contributed by atoms with Crippen LogP contribution in [-0.2, 0) is 6.42 Å². The minimum absolute atomic E-state index is 0.755. The number of thiazole rings is 1. The van der Waals surface area contributed by atoms with Crippen molar-refractivity contribution in [3.63, 3.8) is 0 Å². The van der Waals surface area contributed by atoms with Gasteiger partial charge < -0.3 is 5.32 Å². The van der Waals surface area contributed by atoms with E-state index in [0.29, 0.717) is 0 Å². The molecule has 1 aromatic rings. The number of nitrogens with one attached hydrogen (secondary N) is 1. The Balaban J connectivity index is 1.87. The largest absolute Gasteiger partial charge is 0.314 e. The molecule has 1 fully saturated rings. The molecule has 0 aromatic carbocycles. The van der Waals surface area contributed by atoms with Gasteiger partial charge in [0.15, 0.2) is 0 Å². The lowest BCUT2D eigenvalue weighted by molar-refractivity contribution is 0.391. The fourth-order valence-corrected chi connectivity index (χ4v) is 3.46. The predicted molar refractivity (Wildman–Crippen MR) is 69.9 cm³/mol. The molecule has 1 aromatic heterocycles. The van der Waals surface area contributed by atoms with Crippen molar-refractivity contribution in [2.75, 3.05) is 6.54 Å². The monoisotopic (exact) mass is 238 g/mol. The van der Waals surface area contributed by atoms with Crippen LogP contribution in [0.25, 0.3) is 0 Å². The molecule has 1 aliphatic carbocycles. The number of rotatable bonds is 4. The third-order valence-corrected chi connectivity index (χ3v) is 4.30. The lowest BCUT2D eigenvalue weighted by Crippen LogP contribution is -2.30. The third kappa shape index (κ3) is 3.56. The van der Waals surface area contributed by atoms with E-state index in [1.807, 2.05) is 11.7 Å². The van der Waals surface area contributed by atoms with Crippen LogP contribution in [0.2, 0.25) is 0 Å². The Labute approximate surface area is 102 Å². The Morgan fingerprint density at radius 1 is 1.44 bits per heavy atom. The van der Waals surface area contributed by atoms with Crippen LogP contribution in [0.1, 0.15) is 43.9 Å². The zero-order valence-electron chi connectivity index (χ0n) is 10.1. The molecule has 0 radical (unpaired) electrons. The Morgan fingerprint density at radius 3 is 3.06 bits per heavy atom. The average molecular weight is 238 g/mol. The zero-order valence-corrected chi connectivity index (χ0v) is 10.9. The highest BCUT2D eigenvalue weighted by molar-refractivity contribution is 7.09. The van der Waals surface area contributed by atoms with E-state index in [9.17, 15) is 0 Å². The van der Waals surface area contributed by atoms with Crippen molar-refractivity contribution in [3.8, 4) is 0 Å². The molecule has 1 N–H and O–H groups in total. The first kappa shape index (κ1) is 12.1. The van der Waals surface area contributed by atoms with Gasteiger partial charge in [-0.05, 0) is 31.7 Å². The van der Waals surface area contributed by atoms with Gasteiger partial charge in [0.1, 0.15) is 0 Å². The van der Waals surface area contributed by atoms with Crippen LogP contribution in [0.5, 0.6) is 0 Å². The summed E-state index contributed by atoms with van der Waals surface area (Å²) in [5.74, 6) is 0.868. The van der Waals surface area contributed by atoms with Gasteiger partial charge in [-0.15, -0.1) is 11.3 Å². The summed E-state index contributed by atoms with van der Waals surface area (Å²) in [5.41, 5.74) is 1.95. The quantitative estimate of drug-likeness (QED) is 0.815. The Morgan fingerprint density at radius 2 is 2.31 bits per heavy atom. The molecule has 0 saturated heterocycles. The van der Waals surface area contributed by atoms with Gasteiger partial charge in [0.05, 0.1) is 5.51 Å². The summed E-state index contributed by atoms with van der Waals surface area (Å²) in [6, 6.07) is 0.755. The molecular formula is C13H22N2S. The molecule has 3 heteroatoms. The van der Waals surface area contributed by atoms with Crippen LogP contribution in [-0.4, -0.2) is 17.6 Å². The van der Waals surface area contributed by atoms with Crippen molar-refractivity contribution >= 4 is 11.3 Å². The Kier molecular flexibility index (Phi) is 4.79. The summed E-state index contributed by atoms with van der Waals surface area (Å²) in [4.78, 5) is 5.63. The molecule has 90 valence electrons. The topological polar surface area (TPSA) is 24.9 Å². The number of aromatic nitrogens is 1. The zero-order chi connectivity index (χ0) is 11.2. The molecule has 0 bridgehead atoms. The first-order valence-corrected chi connectivity index (χ1v) is 7.37. The molecule has 1 saturated carbocycles. The smallest absolute Gasteiger partial charge is 0.0794 e. The average Bonchev–Trinajstić information content (AvgIpc) is 2.67. The molecule has 0 spiro atoms. The van der Waals surface area contributed by atoms with Gasteiger partial charge in [-0.2, -0.15) is 0 Å². The second-order valence-electron chi connectivity index (χ2n) is 4.81. The van der Waals surface area contributed by atoms with Crippen molar-refractivity contribution in [3.05, 3.63) is 16.6 Å². The van der Waals surface area contributed by atoms with Crippen molar-refractivity contribution < 1.29 is 0 Å². The van der Waals surface area contributed by atoms with Crippen LogP contribution in [0, 0.1) is 5.92 Å². The van der Waals surface area contributed by atoms with Crippen LogP contribution in [0.15, 0.2) is 11.7 Å². The Bertz CT molecular complexity index is 284. The van der Waals surface area contributed by atoms with Crippen molar-refractivity contribution in [1.82, 2.24) is 10.3 Å². The maximum atomic E-state index is 4.17. The molecule has 1 aliphatic rings. The van der Waals surface area contributed by atoms with E-state index in [0.717, 1.165) is 18.5 Å². The molecule has 16 heavy (non-hydrogen) atoms. The van der Waals surface area contributed by atoms with E-state index in [2.05, 4.69) is 17.2 Å². The summed E-state index contributed by atoms with van der Waals surface area (Å²) in [5, 5.41) is 3.62. The lowest BCUT2D eigenvalue weighted by atomic mass is 9.94. The van der Waals surface area contributed by atoms with Gasteiger partial charge in [0, 0.05) is 17.1 Å². The first-order chi connectivity index (χ1) is 7.88. The standard InChI is InChI=1S/C13H22N2S/c1-2-15-12-6-4-3-5-11(7-12)8-13-9-14-10-16-13/h9-12,15H,2-8H2,1H3. The predicted octanol–water partition coefficient (Wildman–Crippen LogP) is 3.24. The number of hydrogen-bond acceptors (Lipinski definition) is 3. The van der Waals surface area contributed by atoms with Gasteiger partial charge in [-0.3, -0.25) is 4.98 Å². The second kappa shape index (κ2) is 6.36. The van der Waals surface area contributed by atoms with Crippen molar-refractivity contribution in [2.45, 2.75) is 51.5 Å². The van der Waals surface area contributed by atoms with Crippen molar-refractivity contribution in [1.29, 1.82) is 0 Å². The fourth-order valence-electron chi connectivity index (χ4n) is 2.75. The van der Waals surface area contributed by atoms with Crippen LogP contribution in [0.3, 0.4) is 0 Å². The van der Waals surface area contributed by atoms with Crippen LogP contribution >= 0.6 is 11.3 Å². The summed E-state index contributed by atoms with van der Waals surface area (Å²) in [6.45, 7) is 3.32. The third-order valence-electron chi connectivity index (χ3n) is 3.50. The van der Waals surface area contributed by atoms with E-state index in [-0.39, 0.29) is 0 Å². The molecule has 2 nitrogen and oxygen atoms in total. The maximum absolute atomic E-state index is 4.17. The number of hydrogen-bond donors (Lipinski definition) is 1. The van der Waals surface area contributed by atoms with E-state index in [4.69, 9.17) is 0 Å². The summed E-state index contributed by atoms with van der Waals surface area (Å²) in [6.07, 6.45) is 10.2. The summed E-state index contributed by atoms with van der Waals surface area (Å²) < 4.78 is 0. The molecule has 2 unspecified atom stereocenters. The molecule has 1 heterocycles. The van der Waals surface area contributed by atoms with E-state index < -0.39 is 0 Å². The Hall–Kier alpha value is -0.410. The van der Waals surface area contributed by atoms with E-state index >= 15 is 0 Å². The van der Waals surface area contributed by atoms with E-state index in [1.54, 1.807) is 11.3 Å². The fraction of sp³-hybridized carbons (Fsp3) is 0.769. The summed E-state index contributed by atoms with van der Waals surface area (Å²) in [7, 11) is 0. The molecule has 2 atom stereocenters. The normalized spacial score (nSPS) is 26.6.